The second-order valence-electron chi connectivity index (χ2n) is 7.36. The molecule has 3 aromatic rings. The van der Waals surface area contributed by atoms with Crippen LogP contribution in [0.5, 0.6) is 0 Å². The number of hydrogen-bond acceptors (Lipinski definition) is 5. The maximum Gasteiger partial charge on any atom is 0.322 e. The van der Waals surface area contributed by atoms with Gasteiger partial charge in [0.2, 0.25) is 5.82 Å². The van der Waals surface area contributed by atoms with Crippen molar-refractivity contribution >= 4 is 23.2 Å². The van der Waals surface area contributed by atoms with Gasteiger partial charge in [-0.3, -0.25) is 4.90 Å². The minimum absolute atomic E-state index is 0.231. The lowest BCUT2D eigenvalue weighted by molar-refractivity contribution is 0.174. The van der Waals surface area contributed by atoms with Crippen LogP contribution in [0.3, 0.4) is 0 Å². The first-order valence-corrected chi connectivity index (χ1v) is 10.5. The van der Waals surface area contributed by atoms with Crippen LogP contribution in [0.4, 0.5) is 9.18 Å². The summed E-state index contributed by atoms with van der Waals surface area (Å²) in [6.45, 7) is 2.84. The Labute approximate surface area is 189 Å². The summed E-state index contributed by atoms with van der Waals surface area (Å²) in [5.41, 5.74) is 2.78. The fraction of sp³-hybridized carbons (Fsp3) is 0.261. The van der Waals surface area contributed by atoms with Gasteiger partial charge in [0.05, 0.1) is 11.6 Å². The first-order chi connectivity index (χ1) is 15.5. The molecule has 0 bridgehead atoms. The molecule has 1 aliphatic rings. The Bertz CT molecular complexity index is 1150. The quantitative estimate of drug-likeness (QED) is 0.502. The van der Waals surface area contributed by atoms with E-state index in [4.69, 9.17) is 20.9 Å². The maximum absolute atomic E-state index is 13.3. The third-order valence-corrected chi connectivity index (χ3v) is 5.50. The van der Waals surface area contributed by atoms with E-state index in [2.05, 4.69) is 15.5 Å². The predicted octanol–water partition coefficient (Wildman–Crippen LogP) is 5.06. The van der Waals surface area contributed by atoms with Gasteiger partial charge in [-0.05, 0) is 55.3 Å². The first kappa shape index (κ1) is 22.0. The zero-order valence-corrected chi connectivity index (χ0v) is 18.4. The zero-order valence-electron chi connectivity index (χ0n) is 17.6. The highest BCUT2D eigenvalue weighted by Gasteiger charge is 2.35. The summed E-state index contributed by atoms with van der Waals surface area (Å²) in [4.78, 5) is 19.1. The molecule has 0 spiro atoms. The van der Waals surface area contributed by atoms with E-state index in [9.17, 15) is 9.18 Å². The highest BCUT2D eigenvalue weighted by molar-refractivity contribution is 6.30. The third kappa shape index (κ3) is 4.51. The molecule has 1 unspecified atom stereocenters. The highest BCUT2D eigenvalue weighted by atomic mass is 35.5. The molecule has 2 amide bonds. The molecule has 0 radical (unpaired) electrons. The first-order valence-electron chi connectivity index (χ1n) is 10.1. The molecule has 32 heavy (non-hydrogen) atoms. The van der Waals surface area contributed by atoms with Crippen LogP contribution in [0, 0.1) is 5.82 Å². The molecule has 1 aliphatic heterocycles. The van der Waals surface area contributed by atoms with Crippen LogP contribution in [-0.2, 0) is 4.74 Å². The summed E-state index contributed by atoms with van der Waals surface area (Å²) in [7, 11) is 1.62. The molecule has 2 heterocycles. The SMILES string of the molecule is COCCCN1C(=O)NC(c2cccc(Cl)c2)C(c2nc(-c3ccc(F)cc3)no2)=C1C. The molecular weight excluding hydrogens is 435 g/mol. The molecule has 2 aromatic carbocycles. The van der Waals surface area contributed by atoms with Crippen LogP contribution in [0.25, 0.3) is 17.0 Å². The lowest BCUT2D eigenvalue weighted by atomic mass is 9.94. The standard InChI is InChI=1S/C23H22ClFN4O3/c1-14-19(22-27-21(28-32-22)15-7-9-18(25)10-8-15)20(16-5-3-6-17(24)13-16)26-23(30)29(14)11-4-12-31-2/h3,5-10,13,20H,4,11-12H2,1-2H3,(H,26,30). The molecule has 1 aromatic heterocycles. The number of carbonyl (C=O) groups is 1. The number of hydrogen-bond donors (Lipinski definition) is 1. The van der Waals surface area contributed by atoms with Gasteiger partial charge in [0, 0.05) is 36.5 Å². The maximum atomic E-state index is 13.3. The van der Waals surface area contributed by atoms with Crippen molar-refractivity contribution in [1.29, 1.82) is 0 Å². The second-order valence-corrected chi connectivity index (χ2v) is 7.80. The number of methoxy groups -OCH3 is 1. The Hall–Kier alpha value is -3.23. The molecule has 0 aliphatic carbocycles. The van der Waals surface area contributed by atoms with Gasteiger partial charge in [-0.2, -0.15) is 4.98 Å². The van der Waals surface area contributed by atoms with Crippen LogP contribution < -0.4 is 5.32 Å². The minimum atomic E-state index is -0.526. The lowest BCUT2D eigenvalue weighted by Crippen LogP contribution is -2.46. The van der Waals surface area contributed by atoms with Gasteiger partial charge in [0.15, 0.2) is 0 Å². The van der Waals surface area contributed by atoms with Gasteiger partial charge in [-0.1, -0.05) is 28.9 Å². The Morgan fingerprint density at radius 3 is 2.75 bits per heavy atom. The summed E-state index contributed by atoms with van der Waals surface area (Å²) in [6.07, 6.45) is 0.668. The Balaban J connectivity index is 1.77. The van der Waals surface area contributed by atoms with Gasteiger partial charge in [0.1, 0.15) is 5.82 Å². The molecule has 0 saturated carbocycles. The van der Waals surface area contributed by atoms with Gasteiger partial charge in [-0.25, -0.2) is 9.18 Å². The average Bonchev–Trinajstić information content (AvgIpc) is 3.26. The number of nitrogens with one attached hydrogen (secondary N) is 1. The van der Waals surface area contributed by atoms with Crippen LogP contribution >= 0.6 is 11.6 Å². The van der Waals surface area contributed by atoms with E-state index in [0.29, 0.717) is 47.3 Å². The predicted molar refractivity (Wildman–Crippen MR) is 118 cm³/mol. The van der Waals surface area contributed by atoms with Crippen molar-refractivity contribution in [3.05, 3.63) is 76.5 Å². The number of nitrogens with zero attached hydrogens (tertiary/aromatic N) is 3. The number of amides is 2. The van der Waals surface area contributed by atoms with E-state index in [1.54, 1.807) is 36.3 Å². The summed E-state index contributed by atoms with van der Waals surface area (Å²) in [5, 5.41) is 7.65. The molecule has 1 N–H and O–H groups in total. The molecule has 4 rings (SSSR count). The van der Waals surface area contributed by atoms with Crippen molar-refractivity contribution in [2.24, 2.45) is 0 Å². The smallest absolute Gasteiger partial charge is 0.322 e. The van der Waals surface area contributed by atoms with Crippen LogP contribution in [0.15, 0.2) is 58.8 Å². The zero-order chi connectivity index (χ0) is 22.7. The summed E-state index contributed by atoms with van der Waals surface area (Å²) in [6, 6.07) is 12.3. The van der Waals surface area contributed by atoms with Gasteiger partial charge >= 0.3 is 6.03 Å². The second kappa shape index (κ2) is 9.50. The van der Waals surface area contributed by atoms with E-state index in [1.165, 1.54) is 12.1 Å². The number of halogens is 2. The fourth-order valence-corrected chi connectivity index (χ4v) is 3.88. The van der Waals surface area contributed by atoms with Gasteiger partial charge < -0.3 is 14.6 Å². The summed E-state index contributed by atoms with van der Waals surface area (Å²) >= 11 is 6.21. The van der Waals surface area contributed by atoms with E-state index < -0.39 is 6.04 Å². The largest absolute Gasteiger partial charge is 0.385 e. The van der Waals surface area contributed by atoms with Crippen LogP contribution in [-0.4, -0.2) is 41.3 Å². The van der Waals surface area contributed by atoms with E-state index in [1.807, 2.05) is 19.1 Å². The Kier molecular flexibility index (Phi) is 6.53. The number of benzene rings is 2. The number of rotatable bonds is 7. The molecule has 1 atom stereocenters. The van der Waals surface area contributed by atoms with Crippen molar-refractivity contribution in [3.8, 4) is 11.4 Å². The molecule has 9 heteroatoms. The van der Waals surface area contributed by atoms with Gasteiger partial charge in [0.25, 0.3) is 5.89 Å². The van der Waals surface area contributed by atoms with Crippen molar-refractivity contribution in [1.82, 2.24) is 20.4 Å². The third-order valence-electron chi connectivity index (χ3n) is 5.27. The Morgan fingerprint density at radius 2 is 2.03 bits per heavy atom. The van der Waals surface area contributed by atoms with E-state index >= 15 is 0 Å². The van der Waals surface area contributed by atoms with Crippen molar-refractivity contribution < 1.29 is 18.4 Å². The summed E-state index contributed by atoms with van der Waals surface area (Å²) < 4.78 is 24.0. The van der Waals surface area contributed by atoms with Crippen molar-refractivity contribution in [2.75, 3.05) is 20.3 Å². The number of urea groups is 1. The fourth-order valence-electron chi connectivity index (χ4n) is 3.68. The lowest BCUT2D eigenvalue weighted by Gasteiger charge is -2.35. The monoisotopic (exact) mass is 456 g/mol. The molecule has 0 saturated heterocycles. The summed E-state index contributed by atoms with van der Waals surface area (Å²) in [5.74, 6) is 0.246. The van der Waals surface area contributed by atoms with Crippen LogP contribution in [0.1, 0.15) is 30.8 Å². The molecular formula is C23H22ClFN4O3. The number of allylic oxidation sites excluding steroid dienone is 1. The van der Waals surface area contributed by atoms with Crippen molar-refractivity contribution in [2.45, 2.75) is 19.4 Å². The van der Waals surface area contributed by atoms with Gasteiger partial charge in [-0.15, -0.1) is 0 Å². The number of carbonyl (C=O) groups excluding carboxylic acids is 1. The van der Waals surface area contributed by atoms with E-state index in [0.717, 1.165) is 5.56 Å². The normalized spacial score (nSPS) is 16.4. The molecule has 0 fully saturated rings. The topological polar surface area (TPSA) is 80.5 Å². The Morgan fingerprint density at radius 1 is 1.25 bits per heavy atom. The minimum Gasteiger partial charge on any atom is -0.385 e. The number of aromatic nitrogens is 2. The molecule has 166 valence electrons. The van der Waals surface area contributed by atoms with E-state index in [-0.39, 0.29) is 17.7 Å². The molecule has 7 nitrogen and oxygen atoms in total. The van der Waals surface area contributed by atoms with Crippen molar-refractivity contribution in [3.63, 3.8) is 0 Å². The number of ether oxygens (including phenoxy) is 1. The highest BCUT2D eigenvalue weighted by Crippen LogP contribution is 2.38. The van der Waals surface area contributed by atoms with Crippen LogP contribution in [0.2, 0.25) is 5.02 Å². The average molecular weight is 457 g/mol.